The van der Waals surface area contributed by atoms with E-state index in [0.29, 0.717) is 0 Å². The number of alkyl halides is 3. The van der Waals surface area contributed by atoms with E-state index in [2.05, 4.69) is 0 Å². The molecule has 0 radical (unpaired) electrons. The largest absolute Gasteiger partial charge is 0.490 e. The van der Waals surface area contributed by atoms with Crippen molar-refractivity contribution in [2.45, 2.75) is 44.0 Å². The molecule has 1 aromatic rings. The molecule has 1 fully saturated rings. The first kappa shape index (κ1) is 14.7. The zero-order valence-corrected chi connectivity index (χ0v) is 10.8. The Morgan fingerprint density at radius 2 is 1.85 bits per heavy atom. The summed E-state index contributed by atoms with van der Waals surface area (Å²) in [6.07, 6.45) is -1.56. The highest BCUT2D eigenvalue weighted by Crippen LogP contribution is 2.35. The fourth-order valence-corrected chi connectivity index (χ4v) is 2.33. The van der Waals surface area contributed by atoms with Crippen LogP contribution in [0.15, 0.2) is 18.2 Å². The molecule has 0 aromatic heterocycles. The minimum Gasteiger partial charge on any atom is -0.490 e. The lowest BCUT2D eigenvalue weighted by Gasteiger charge is -2.27. The molecule has 1 aromatic carbocycles. The van der Waals surface area contributed by atoms with Crippen LogP contribution in [0.5, 0.6) is 5.75 Å². The molecule has 20 heavy (non-hydrogen) atoms. The first-order chi connectivity index (χ1) is 9.40. The van der Waals surface area contributed by atoms with Crippen LogP contribution in [0.2, 0.25) is 0 Å². The first-order valence-corrected chi connectivity index (χ1v) is 6.43. The molecule has 6 heteroatoms. The van der Waals surface area contributed by atoms with Gasteiger partial charge in [-0.1, -0.05) is 0 Å². The van der Waals surface area contributed by atoms with Crippen molar-refractivity contribution < 1.29 is 17.9 Å². The lowest BCUT2D eigenvalue weighted by molar-refractivity contribution is -0.137. The molecule has 0 aliphatic heterocycles. The molecule has 0 amide bonds. The Hall–Kier alpha value is -1.74. The highest BCUT2D eigenvalue weighted by atomic mass is 19.4. The molecule has 0 atom stereocenters. The van der Waals surface area contributed by atoms with Gasteiger partial charge in [0.05, 0.1) is 23.3 Å². The van der Waals surface area contributed by atoms with Crippen LogP contribution in [0.1, 0.15) is 36.8 Å². The Morgan fingerprint density at radius 1 is 1.20 bits per heavy atom. The predicted octanol–water partition coefficient (Wildman–Crippen LogP) is 3.23. The molecular formula is C14H15F3N2O. The molecular weight excluding hydrogens is 269 g/mol. The van der Waals surface area contributed by atoms with E-state index in [4.69, 9.17) is 15.7 Å². The summed E-state index contributed by atoms with van der Waals surface area (Å²) in [4.78, 5) is 0. The molecule has 0 spiro atoms. The lowest BCUT2D eigenvalue weighted by Crippen LogP contribution is -2.31. The van der Waals surface area contributed by atoms with Gasteiger partial charge in [-0.3, -0.25) is 0 Å². The lowest BCUT2D eigenvalue weighted by atomic mass is 9.93. The molecule has 1 aliphatic carbocycles. The van der Waals surface area contributed by atoms with Crippen LogP contribution in [0, 0.1) is 11.3 Å². The Morgan fingerprint density at radius 3 is 2.40 bits per heavy atom. The number of halogens is 3. The molecule has 1 saturated carbocycles. The summed E-state index contributed by atoms with van der Waals surface area (Å²) < 4.78 is 44.0. The van der Waals surface area contributed by atoms with Gasteiger partial charge in [-0.2, -0.15) is 18.4 Å². The number of nitriles is 1. The van der Waals surface area contributed by atoms with Gasteiger partial charge in [0.15, 0.2) is 0 Å². The van der Waals surface area contributed by atoms with Crippen molar-refractivity contribution in [3.63, 3.8) is 0 Å². The van der Waals surface area contributed by atoms with Crippen LogP contribution in [-0.2, 0) is 6.18 Å². The van der Waals surface area contributed by atoms with Crippen molar-refractivity contribution in [2.75, 3.05) is 0 Å². The maximum Gasteiger partial charge on any atom is 0.417 e. The van der Waals surface area contributed by atoms with Gasteiger partial charge in [-0.25, -0.2) is 0 Å². The molecule has 0 heterocycles. The van der Waals surface area contributed by atoms with Crippen LogP contribution in [0.4, 0.5) is 13.2 Å². The predicted molar refractivity (Wildman–Crippen MR) is 67.0 cm³/mol. The zero-order valence-electron chi connectivity index (χ0n) is 10.8. The van der Waals surface area contributed by atoms with Crippen LogP contribution in [0.3, 0.4) is 0 Å². The molecule has 1 aliphatic rings. The second-order valence-corrected chi connectivity index (χ2v) is 4.97. The number of benzene rings is 1. The van der Waals surface area contributed by atoms with Gasteiger partial charge in [0.2, 0.25) is 0 Å². The highest BCUT2D eigenvalue weighted by molar-refractivity contribution is 5.44. The van der Waals surface area contributed by atoms with E-state index in [1.54, 1.807) is 6.07 Å². The summed E-state index contributed by atoms with van der Waals surface area (Å²) in [7, 11) is 0. The second-order valence-electron chi connectivity index (χ2n) is 4.97. The van der Waals surface area contributed by atoms with Crippen molar-refractivity contribution in [3.8, 4) is 11.8 Å². The summed E-state index contributed by atoms with van der Waals surface area (Å²) in [6.45, 7) is 0. The molecule has 0 saturated heterocycles. The topological polar surface area (TPSA) is 59.0 Å². The van der Waals surface area contributed by atoms with Gasteiger partial charge in [0.1, 0.15) is 5.75 Å². The van der Waals surface area contributed by atoms with E-state index in [1.165, 1.54) is 6.07 Å². The monoisotopic (exact) mass is 284 g/mol. The summed E-state index contributed by atoms with van der Waals surface area (Å²) >= 11 is 0. The summed E-state index contributed by atoms with van der Waals surface area (Å²) in [6, 6.07) is 5.15. The van der Waals surface area contributed by atoms with E-state index in [-0.39, 0.29) is 17.9 Å². The number of nitrogens with two attached hydrogens (primary N) is 1. The average molecular weight is 284 g/mol. The van der Waals surface area contributed by atoms with Gasteiger partial charge in [-0.15, -0.1) is 0 Å². The third-order valence-corrected chi connectivity index (χ3v) is 3.44. The Labute approximate surface area is 115 Å². The van der Waals surface area contributed by atoms with Crippen molar-refractivity contribution >= 4 is 0 Å². The third-order valence-electron chi connectivity index (χ3n) is 3.44. The van der Waals surface area contributed by atoms with Gasteiger partial charge in [0, 0.05) is 6.04 Å². The Kier molecular flexibility index (Phi) is 4.19. The van der Waals surface area contributed by atoms with E-state index in [0.717, 1.165) is 37.8 Å². The number of hydrogen-bond donors (Lipinski definition) is 1. The number of ether oxygens (including phenoxy) is 1. The van der Waals surface area contributed by atoms with Gasteiger partial charge >= 0.3 is 6.18 Å². The maximum absolute atomic E-state index is 12.8. The standard InChI is InChI=1S/C14H15F3N2O/c15-14(16,17)13-7-12(4-1-9(13)8-18)20-11-5-2-10(19)3-6-11/h1,4,7,10-11H,2-3,5-6,19H2/t10-,11-. The van der Waals surface area contributed by atoms with Gasteiger partial charge in [0.25, 0.3) is 0 Å². The van der Waals surface area contributed by atoms with E-state index >= 15 is 0 Å². The Bertz CT molecular complexity index is 514. The second kappa shape index (κ2) is 5.71. The number of rotatable bonds is 2. The fourth-order valence-electron chi connectivity index (χ4n) is 2.33. The van der Waals surface area contributed by atoms with E-state index in [1.807, 2.05) is 0 Å². The van der Waals surface area contributed by atoms with Gasteiger partial charge in [-0.05, 0) is 43.9 Å². The van der Waals surface area contributed by atoms with Crippen molar-refractivity contribution in [1.29, 1.82) is 5.26 Å². The normalized spacial score (nSPS) is 23.1. The fraction of sp³-hybridized carbons (Fsp3) is 0.500. The van der Waals surface area contributed by atoms with E-state index < -0.39 is 17.3 Å². The van der Waals surface area contributed by atoms with Crippen LogP contribution in [0.25, 0.3) is 0 Å². The first-order valence-electron chi connectivity index (χ1n) is 6.43. The van der Waals surface area contributed by atoms with Crippen LogP contribution in [-0.4, -0.2) is 12.1 Å². The minimum absolute atomic E-state index is 0.108. The third kappa shape index (κ3) is 3.42. The molecule has 3 nitrogen and oxygen atoms in total. The summed E-state index contributed by atoms with van der Waals surface area (Å²) in [5, 5.41) is 8.72. The van der Waals surface area contributed by atoms with Gasteiger partial charge < -0.3 is 10.5 Å². The average Bonchev–Trinajstić information content (AvgIpc) is 2.40. The summed E-state index contributed by atoms with van der Waals surface area (Å²) in [5.74, 6) is 0.150. The van der Waals surface area contributed by atoms with Crippen LogP contribution >= 0.6 is 0 Å². The molecule has 0 unspecified atom stereocenters. The quantitative estimate of drug-likeness (QED) is 0.907. The zero-order chi connectivity index (χ0) is 14.8. The van der Waals surface area contributed by atoms with Crippen molar-refractivity contribution in [3.05, 3.63) is 29.3 Å². The minimum atomic E-state index is -4.56. The Balaban J connectivity index is 2.15. The van der Waals surface area contributed by atoms with Crippen molar-refractivity contribution in [2.24, 2.45) is 5.73 Å². The molecule has 2 N–H and O–H groups in total. The highest BCUT2D eigenvalue weighted by Gasteiger charge is 2.34. The number of hydrogen-bond acceptors (Lipinski definition) is 3. The van der Waals surface area contributed by atoms with Crippen molar-refractivity contribution in [1.82, 2.24) is 0 Å². The molecule has 2 rings (SSSR count). The smallest absolute Gasteiger partial charge is 0.417 e. The SMILES string of the molecule is N#Cc1ccc(O[C@H]2CC[C@H](N)CC2)cc1C(F)(F)F. The molecule has 108 valence electrons. The number of nitrogens with zero attached hydrogens (tertiary/aromatic N) is 1. The van der Waals surface area contributed by atoms with Crippen LogP contribution < -0.4 is 10.5 Å². The molecule has 0 bridgehead atoms. The van der Waals surface area contributed by atoms with E-state index in [9.17, 15) is 13.2 Å². The summed E-state index contributed by atoms with van der Waals surface area (Å²) in [5.41, 5.74) is 4.42. The maximum atomic E-state index is 12.8.